The normalized spacial score (nSPS) is 15.9. The van der Waals surface area contributed by atoms with Gasteiger partial charge in [-0.1, -0.05) is 0 Å². The van der Waals surface area contributed by atoms with E-state index in [0.717, 1.165) is 33.8 Å². The smallest absolute Gasteiger partial charge is 0.275 e. The molecule has 0 atom stereocenters. The summed E-state index contributed by atoms with van der Waals surface area (Å²) in [6, 6.07) is 7.80. The fourth-order valence-corrected chi connectivity index (χ4v) is 5.90. The fourth-order valence-electron chi connectivity index (χ4n) is 5.29. The number of ether oxygens (including phenoxy) is 2. The molecule has 1 fully saturated rings. The maximum absolute atomic E-state index is 14.0. The number of methoxy groups -OCH3 is 1. The molecule has 3 aromatic heterocycles. The second-order valence-electron chi connectivity index (χ2n) is 10.1. The van der Waals surface area contributed by atoms with Crippen LogP contribution >= 0.6 is 11.3 Å². The summed E-state index contributed by atoms with van der Waals surface area (Å²) in [4.78, 5) is 17.5. The van der Waals surface area contributed by atoms with Crippen LogP contribution < -0.4 is 9.47 Å². The van der Waals surface area contributed by atoms with Gasteiger partial charge in [0.2, 0.25) is 0 Å². The Morgan fingerprint density at radius 2 is 2.05 bits per heavy atom. The monoisotopic (exact) mass is 529 g/mol. The molecule has 2 aliphatic heterocycles. The second-order valence-corrected chi connectivity index (χ2v) is 10.9. The highest BCUT2D eigenvalue weighted by Crippen LogP contribution is 2.46. The molecule has 0 radical (unpaired) electrons. The molecule has 6 rings (SSSR count). The summed E-state index contributed by atoms with van der Waals surface area (Å²) in [6.07, 6.45) is 4.10. The molecule has 0 spiro atoms. The van der Waals surface area contributed by atoms with Crippen LogP contribution in [0.2, 0.25) is 0 Å². The largest absolute Gasteiger partial charge is 0.496 e. The standard InChI is InChI=1S/C27H27N7O3S/c1-27(2)15-32(16-28)8-9-33(27)26(35)24-20-13-37-23-12-22(36-4)18(21-5-7-31(3)29-21)11-19(23)25(20)34(30-24)17-6-10-38-14-17/h5-7,10-12,14H,8-9,13,15H2,1-4H3. The molecule has 0 bridgehead atoms. The number of aromatic nitrogens is 4. The molecule has 1 saturated heterocycles. The van der Waals surface area contributed by atoms with E-state index >= 15 is 0 Å². The van der Waals surface area contributed by atoms with Gasteiger partial charge in [0.1, 0.15) is 18.1 Å². The molecule has 1 amide bonds. The summed E-state index contributed by atoms with van der Waals surface area (Å²) < 4.78 is 15.5. The van der Waals surface area contributed by atoms with Crippen molar-refractivity contribution >= 4 is 17.2 Å². The fraction of sp³-hybridized carbons (Fsp3) is 0.333. The summed E-state index contributed by atoms with van der Waals surface area (Å²) >= 11 is 1.57. The van der Waals surface area contributed by atoms with Gasteiger partial charge in [-0.15, -0.1) is 0 Å². The van der Waals surface area contributed by atoms with Crippen LogP contribution in [0, 0.1) is 11.5 Å². The molecule has 2 aliphatic rings. The Morgan fingerprint density at radius 1 is 1.21 bits per heavy atom. The zero-order valence-electron chi connectivity index (χ0n) is 21.6. The van der Waals surface area contributed by atoms with Crippen molar-refractivity contribution < 1.29 is 14.3 Å². The number of fused-ring (bicyclic) bond motifs is 3. The van der Waals surface area contributed by atoms with Crippen LogP contribution in [0.15, 0.2) is 41.2 Å². The van der Waals surface area contributed by atoms with E-state index in [2.05, 4.69) is 11.3 Å². The van der Waals surface area contributed by atoms with E-state index < -0.39 is 5.54 Å². The Balaban J connectivity index is 1.52. The van der Waals surface area contributed by atoms with Crippen LogP contribution in [0.25, 0.3) is 28.2 Å². The number of carbonyl (C=O) groups is 1. The first-order valence-electron chi connectivity index (χ1n) is 12.3. The molecular formula is C27H27N7O3S. The van der Waals surface area contributed by atoms with Crippen LogP contribution in [-0.4, -0.2) is 67.6 Å². The molecule has 1 aromatic carbocycles. The number of benzene rings is 1. The molecule has 0 aliphatic carbocycles. The van der Waals surface area contributed by atoms with Crippen LogP contribution in [0.3, 0.4) is 0 Å². The lowest BCUT2D eigenvalue weighted by Crippen LogP contribution is -2.60. The highest BCUT2D eigenvalue weighted by atomic mass is 32.1. The van der Waals surface area contributed by atoms with Crippen molar-refractivity contribution in [3.8, 4) is 45.9 Å². The van der Waals surface area contributed by atoms with Gasteiger partial charge in [0.25, 0.3) is 5.91 Å². The summed E-state index contributed by atoms with van der Waals surface area (Å²) in [6.45, 7) is 5.57. The predicted molar refractivity (Wildman–Crippen MR) is 142 cm³/mol. The van der Waals surface area contributed by atoms with E-state index in [1.165, 1.54) is 0 Å². The van der Waals surface area contributed by atoms with Gasteiger partial charge in [-0.25, -0.2) is 4.68 Å². The third-order valence-electron chi connectivity index (χ3n) is 7.14. The van der Waals surface area contributed by atoms with Gasteiger partial charge in [0.15, 0.2) is 11.9 Å². The number of aryl methyl sites for hydroxylation is 1. The van der Waals surface area contributed by atoms with E-state index in [1.807, 2.05) is 71.7 Å². The van der Waals surface area contributed by atoms with E-state index in [-0.39, 0.29) is 12.5 Å². The number of hydrogen-bond donors (Lipinski definition) is 0. The molecule has 5 heterocycles. The summed E-state index contributed by atoms with van der Waals surface area (Å²) in [5.74, 6) is 1.15. The molecule has 38 heavy (non-hydrogen) atoms. The maximum atomic E-state index is 14.0. The Bertz CT molecular complexity index is 1580. The first-order chi connectivity index (χ1) is 18.3. The lowest BCUT2D eigenvalue weighted by atomic mass is 9.96. The number of hydrogen-bond acceptors (Lipinski definition) is 8. The SMILES string of the molecule is COc1cc2c(cc1-c1ccn(C)n1)-c1c(c(C(=O)N3CCN(C#N)CC3(C)C)nn1-c1ccsc1)CO2. The molecular weight excluding hydrogens is 502 g/mol. The van der Waals surface area contributed by atoms with Gasteiger partial charge < -0.3 is 19.3 Å². The average molecular weight is 530 g/mol. The van der Waals surface area contributed by atoms with Crippen LogP contribution in [0.5, 0.6) is 11.5 Å². The summed E-state index contributed by atoms with van der Waals surface area (Å²) in [7, 11) is 3.50. The average Bonchev–Trinajstić information content (AvgIpc) is 3.66. The molecule has 11 heteroatoms. The number of amides is 1. The molecule has 4 aromatic rings. The number of nitriles is 1. The van der Waals surface area contributed by atoms with E-state index in [0.29, 0.717) is 36.8 Å². The Kier molecular flexibility index (Phi) is 5.65. The van der Waals surface area contributed by atoms with Crippen LogP contribution in [0.4, 0.5) is 0 Å². The van der Waals surface area contributed by atoms with Crippen LogP contribution in [0.1, 0.15) is 29.9 Å². The predicted octanol–water partition coefficient (Wildman–Crippen LogP) is 3.92. The molecule has 0 saturated carbocycles. The van der Waals surface area contributed by atoms with Crippen molar-refractivity contribution in [3.05, 3.63) is 52.5 Å². The van der Waals surface area contributed by atoms with Gasteiger partial charge in [0.05, 0.1) is 36.3 Å². The van der Waals surface area contributed by atoms with Crippen molar-refractivity contribution in [1.82, 2.24) is 29.4 Å². The number of carbonyl (C=O) groups excluding carboxylic acids is 1. The number of rotatable bonds is 4. The zero-order valence-corrected chi connectivity index (χ0v) is 22.4. The quantitative estimate of drug-likeness (QED) is 0.369. The van der Waals surface area contributed by atoms with Crippen molar-refractivity contribution in [2.45, 2.75) is 26.0 Å². The lowest BCUT2D eigenvalue weighted by Gasteiger charge is -2.45. The lowest BCUT2D eigenvalue weighted by molar-refractivity contribution is 0.0300. The Morgan fingerprint density at radius 3 is 2.71 bits per heavy atom. The van der Waals surface area contributed by atoms with Gasteiger partial charge >= 0.3 is 0 Å². The highest BCUT2D eigenvalue weighted by molar-refractivity contribution is 7.08. The molecule has 0 unspecified atom stereocenters. The van der Waals surface area contributed by atoms with Crippen molar-refractivity contribution in [2.75, 3.05) is 26.7 Å². The minimum atomic E-state index is -0.531. The molecule has 194 valence electrons. The summed E-state index contributed by atoms with van der Waals surface area (Å²) in [5, 5.41) is 22.9. The highest BCUT2D eigenvalue weighted by Gasteiger charge is 2.40. The number of piperazine rings is 1. The van der Waals surface area contributed by atoms with Crippen molar-refractivity contribution in [1.29, 1.82) is 5.26 Å². The Hall–Kier alpha value is -4.30. The van der Waals surface area contributed by atoms with Crippen molar-refractivity contribution in [3.63, 3.8) is 0 Å². The van der Waals surface area contributed by atoms with Gasteiger partial charge in [0, 0.05) is 54.5 Å². The Labute approximate surface area is 224 Å². The topological polar surface area (TPSA) is 101 Å². The number of thiophene rings is 1. The summed E-state index contributed by atoms with van der Waals surface area (Å²) in [5.41, 5.74) is 4.69. The van der Waals surface area contributed by atoms with E-state index in [9.17, 15) is 10.1 Å². The van der Waals surface area contributed by atoms with Gasteiger partial charge in [-0.3, -0.25) is 9.48 Å². The van der Waals surface area contributed by atoms with Gasteiger partial charge in [-0.2, -0.15) is 26.8 Å². The zero-order chi connectivity index (χ0) is 26.6. The van der Waals surface area contributed by atoms with Gasteiger partial charge in [-0.05, 0) is 37.4 Å². The molecule has 10 nitrogen and oxygen atoms in total. The van der Waals surface area contributed by atoms with Crippen molar-refractivity contribution in [2.24, 2.45) is 7.05 Å². The minimum Gasteiger partial charge on any atom is -0.496 e. The van der Waals surface area contributed by atoms with Crippen LogP contribution in [-0.2, 0) is 13.7 Å². The van der Waals surface area contributed by atoms with E-state index in [1.54, 1.807) is 28.0 Å². The molecule has 0 N–H and O–H groups in total. The third kappa shape index (κ3) is 3.80. The van der Waals surface area contributed by atoms with E-state index in [4.69, 9.17) is 14.6 Å². The first-order valence-corrected chi connectivity index (χ1v) is 13.2. The maximum Gasteiger partial charge on any atom is 0.275 e. The minimum absolute atomic E-state index is 0.164. The number of nitrogens with zero attached hydrogens (tertiary/aromatic N) is 7. The first kappa shape index (κ1) is 24.1. The third-order valence-corrected chi connectivity index (χ3v) is 7.81. The second kappa shape index (κ2) is 8.92.